The number of hydrogen-bond acceptors (Lipinski definition) is 2. The SMILES string of the molecule is Nc1c(CBr)ncc(C(F)F)c1I. The zero-order valence-electron chi connectivity index (χ0n) is 6.40. The van der Waals surface area contributed by atoms with E-state index in [9.17, 15) is 8.78 Å². The lowest BCUT2D eigenvalue weighted by atomic mass is 10.2. The second-order valence-electron chi connectivity index (χ2n) is 2.32. The molecule has 0 aliphatic carbocycles. The average Bonchev–Trinajstić information content (AvgIpc) is 2.09. The van der Waals surface area contributed by atoms with Gasteiger partial charge in [-0.2, -0.15) is 0 Å². The first kappa shape index (κ1) is 11.1. The minimum atomic E-state index is -2.52. The summed E-state index contributed by atoms with van der Waals surface area (Å²) < 4.78 is 25.0. The van der Waals surface area contributed by atoms with Crippen LogP contribution >= 0.6 is 38.5 Å². The molecule has 0 spiro atoms. The summed E-state index contributed by atoms with van der Waals surface area (Å²) in [6.45, 7) is 0. The van der Waals surface area contributed by atoms with Gasteiger partial charge in [0.1, 0.15) is 0 Å². The van der Waals surface area contributed by atoms with Crippen LogP contribution in [0.15, 0.2) is 6.20 Å². The van der Waals surface area contributed by atoms with Crippen molar-refractivity contribution < 1.29 is 8.78 Å². The Morgan fingerprint density at radius 3 is 2.69 bits per heavy atom. The first-order valence-corrected chi connectivity index (χ1v) is 5.54. The number of anilines is 1. The van der Waals surface area contributed by atoms with Crippen molar-refractivity contribution in [1.82, 2.24) is 4.98 Å². The third-order valence-corrected chi connectivity index (χ3v) is 3.26. The first-order chi connectivity index (χ1) is 6.07. The van der Waals surface area contributed by atoms with Gasteiger partial charge < -0.3 is 5.73 Å². The van der Waals surface area contributed by atoms with Crippen molar-refractivity contribution in [2.75, 3.05) is 5.73 Å². The molecule has 0 aromatic carbocycles. The van der Waals surface area contributed by atoms with Crippen molar-refractivity contribution in [1.29, 1.82) is 0 Å². The lowest BCUT2D eigenvalue weighted by Crippen LogP contribution is -2.02. The molecular formula is C7H6BrF2IN2. The summed E-state index contributed by atoms with van der Waals surface area (Å²) in [6, 6.07) is 0. The lowest BCUT2D eigenvalue weighted by Gasteiger charge is -2.08. The number of nitrogens with two attached hydrogens (primary N) is 1. The highest BCUT2D eigenvalue weighted by Crippen LogP contribution is 2.29. The van der Waals surface area contributed by atoms with Crippen LogP contribution in [-0.2, 0) is 5.33 Å². The molecule has 0 saturated heterocycles. The van der Waals surface area contributed by atoms with Crippen LogP contribution in [0.2, 0.25) is 0 Å². The number of hydrogen-bond donors (Lipinski definition) is 1. The van der Waals surface area contributed by atoms with Crippen molar-refractivity contribution in [3.63, 3.8) is 0 Å². The average molecular weight is 363 g/mol. The summed E-state index contributed by atoms with van der Waals surface area (Å²) in [5.41, 5.74) is 6.41. The van der Waals surface area contributed by atoms with Crippen molar-refractivity contribution in [2.24, 2.45) is 0 Å². The predicted octanol–water partition coefficient (Wildman–Crippen LogP) is 3.10. The van der Waals surface area contributed by atoms with Gasteiger partial charge in [0.15, 0.2) is 0 Å². The fourth-order valence-electron chi connectivity index (χ4n) is 0.814. The van der Waals surface area contributed by atoms with E-state index in [0.29, 0.717) is 20.3 Å². The van der Waals surface area contributed by atoms with E-state index in [4.69, 9.17) is 5.73 Å². The number of aromatic nitrogens is 1. The molecule has 2 nitrogen and oxygen atoms in total. The van der Waals surface area contributed by atoms with Gasteiger partial charge in [-0.1, -0.05) is 15.9 Å². The zero-order chi connectivity index (χ0) is 10.0. The highest BCUT2D eigenvalue weighted by molar-refractivity contribution is 14.1. The van der Waals surface area contributed by atoms with E-state index in [1.807, 2.05) is 0 Å². The molecule has 0 bridgehead atoms. The number of nitrogens with zero attached hydrogens (tertiary/aromatic N) is 1. The van der Waals surface area contributed by atoms with Gasteiger partial charge in [0.05, 0.1) is 16.9 Å². The molecule has 1 rings (SSSR count). The Bertz CT molecular complexity index is 320. The Labute approximate surface area is 96.2 Å². The van der Waals surface area contributed by atoms with Gasteiger partial charge in [-0.3, -0.25) is 4.98 Å². The summed E-state index contributed by atoms with van der Waals surface area (Å²) >= 11 is 4.97. The molecule has 1 aromatic rings. The molecule has 0 amide bonds. The molecule has 0 fully saturated rings. The largest absolute Gasteiger partial charge is 0.396 e. The standard InChI is InChI=1S/C7H6BrF2IN2/c8-1-4-6(12)5(11)3(2-13-4)7(9)10/h2,7H,1,12H2. The Hall–Kier alpha value is 0.0200. The van der Waals surface area contributed by atoms with E-state index in [1.165, 1.54) is 6.20 Å². The Kier molecular flexibility index (Phi) is 3.84. The van der Waals surface area contributed by atoms with E-state index < -0.39 is 6.43 Å². The predicted molar refractivity (Wildman–Crippen MR) is 59.0 cm³/mol. The molecule has 1 aromatic heterocycles. The molecule has 2 N–H and O–H groups in total. The van der Waals surface area contributed by atoms with Crippen LogP contribution in [0, 0.1) is 3.57 Å². The quantitative estimate of drug-likeness (QED) is 0.648. The van der Waals surface area contributed by atoms with E-state index in [2.05, 4.69) is 20.9 Å². The summed E-state index contributed by atoms with van der Waals surface area (Å²) in [7, 11) is 0. The Morgan fingerprint density at radius 2 is 2.23 bits per heavy atom. The molecule has 0 radical (unpaired) electrons. The molecule has 0 aliphatic heterocycles. The van der Waals surface area contributed by atoms with Gasteiger partial charge in [-0.05, 0) is 22.6 Å². The molecule has 6 heteroatoms. The fraction of sp³-hybridized carbons (Fsp3) is 0.286. The van der Waals surface area contributed by atoms with Gasteiger partial charge in [-0.15, -0.1) is 0 Å². The van der Waals surface area contributed by atoms with Crippen molar-refractivity contribution in [3.8, 4) is 0 Å². The third kappa shape index (κ3) is 2.28. The van der Waals surface area contributed by atoms with Gasteiger partial charge >= 0.3 is 0 Å². The van der Waals surface area contributed by atoms with Crippen LogP contribution in [0.4, 0.5) is 14.5 Å². The Morgan fingerprint density at radius 1 is 1.62 bits per heavy atom. The van der Waals surface area contributed by atoms with Crippen LogP contribution in [0.1, 0.15) is 17.7 Å². The van der Waals surface area contributed by atoms with E-state index in [-0.39, 0.29) is 5.56 Å². The highest BCUT2D eigenvalue weighted by atomic mass is 127. The van der Waals surface area contributed by atoms with Crippen molar-refractivity contribution >= 4 is 44.2 Å². The number of nitrogen functional groups attached to an aromatic ring is 1. The number of pyridine rings is 1. The number of halogens is 4. The van der Waals surface area contributed by atoms with Crippen LogP contribution < -0.4 is 5.73 Å². The number of alkyl halides is 3. The Balaban J connectivity index is 3.23. The van der Waals surface area contributed by atoms with Gasteiger partial charge in [0.25, 0.3) is 6.43 Å². The molecule has 0 unspecified atom stereocenters. The third-order valence-electron chi connectivity index (χ3n) is 1.52. The molecule has 0 saturated carbocycles. The maximum Gasteiger partial charge on any atom is 0.266 e. The first-order valence-electron chi connectivity index (χ1n) is 3.34. The maximum atomic E-state index is 12.3. The highest BCUT2D eigenvalue weighted by Gasteiger charge is 2.16. The van der Waals surface area contributed by atoms with Crippen molar-refractivity contribution in [3.05, 3.63) is 21.0 Å². The van der Waals surface area contributed by atoms with Gasteiger partial charge in [0.2, 0.25) is 0 Å². The van der Waals surface area contributed by atoms with E-state index in [0.717, 1.165) is 0 Å². The lowest BCUT2D eigenvalue weighted by molar-refractivity contribution is 0.150. The molecular weight excluding hydrogens is 357 g/mol. The minimum absolute atomic E-state index is 0.109. The monoisotopic (exact) mass is 362 g/mol. The molecule has 0 atom stereocenters. The maximum absolute atomic E-state index is 12.3. The fourth-order valence-corrected chi connectivity index (χ4v) is 1.95. The van der Waals surface area contributed by atoms with Gasteiger partial charge in [0, 0.05) is 15.1 Å². The number of rotatable bonds is 2. The van der Waals surface area contributed by atoms with Crippen LogP contribution in [0.5, 0.6) is 0 Å². The van der Waals surface area contributed by atoms with Crippen molar-refractivity contribution in [2.45, 2.75) is 11.8 Å². The topological polar surface area (TPSA) is 38.9 Å². The summed E-state index contributed by atoms with van der Waals surface area (Å²) in [5, 5.41) is 0.471. The smallest absolute Gasteiger partial charge is 0.266 e. The zero-order valence-corrected chi connectivity index (χ0v) is 10.1. The molecule has 13 heavy (non-hydrogen) atoms. The molecule has 1 heterocycles. The summed E-state index contributed by atoms with van der Waals surface area (Å²) in [6.07, 6.45) is -1.36. The second-order valence-corrected chi connectivity index (χ2v) is 3.96. The van der Waals surface area contributed by atoms with Crippen LogP contribution in [-0.4, -0.2) is 4.98 Å². The molecule has 0 aliphatic rings. The van der Waals surface area contributed by atoms with E-state index in [1.54, 1.807) is 22.6 Å². The van der Waals surface area contributed by atoms with Gasteiger partial charge in [-0.25, -0.2) is 8.78 Å². The minimum Gasteiger partial charge on any atom is -0.396 e. The summed E-state index contributed by atoms with van der Waals surface area (Å²) in [5.74, 6) is 0. The second kappa shape index (κ2) is 4.50. The van der Waals surface area contributed by atoms with Crippen LogP contribution in [0.25, 0.3) is 0 Å². The normalized spacial score (nSPS) is 10.8. The molecule has 72 valence electrons. The van der Waals surface area contributed by atoms with E-state index >= 15 is 0 Å². The summed E-state index contributed by atoms with van der Waals surface area (Å²) in [4.78, 5) is 3.82. The van der Waals surface area contributed by atoms with Crippen LogP contribution in [0.3, 0.4) is 0 Å².